The number of benzene rings is 2. The number of aryl methyl sites for hydroxylation is 1. The maximum atomic E-state index is 12.6. The fourth-order valence-electron chi connectivity index (χ4n) is 2.47. The van der Waals surface area contributed by atoms with Gasteiger partial charge in [0, 0.05) is 12.1 Å². The molecule has 0 aliphatic heterocycles. The van der Waals surface area contributed by atoms with Crippen LogP contribution in [0.5, 0.6) is 23.0 Å². The van der Waals surface area contributed by atoms with Crippen LogP contribution in [0, 0.1) is 6.92 Å². The van der Waals surface area contributed by atoms with E-state index in [0.29, 0.717) is 5.56 Å². The average Bonchev–Trinajstić information content (AvgIpc) is 2.37. The highest BCUT2D eigenvalue weighted by atomic mass is 16.5. The van der Waals surface area contributed by atoms with Crippen molar-refractivity contribution in [3.63, 3.8) is 0 Å². The van der Waals surface area contributed by atoms with Crippen LogP contribution in [0.1, 0.15) is 5.56 Å². The maximum Gasteiger partial charge on any atom is 0.204 e. The van der Waals surface area contributed by atoms with E-state index in [0.717, 1.165) is 6.07 Å². The third-order valence-electron chi connectivity index (χ3n) is 3.35. The first-order valence-corrected chi connectivity index (χ1v) is 6.13. The Morgan fingerprint density at radius 3 is 2.43 bits per heavy atom. The SMILES string of the molecule is COc1c(O)cc(O)c2c(=O)c3c(C)cc(O)cc3oc12. The Morgan fingerprint density at radius 1 is 1.05 bits per heavy atom. The van der Waals surface area contributed by atoms with E-state index in [-0.39, 0.29) is 39.2 Å². The Hall–Kier alpha value is -2.89. The molecule has 6 heteroatoms. The molecule has 0 radical (unpaired) electrons. The van der Waals surface area contributed by atoms with E-state index >= 15 is 0 Å². The van der Waals surface area contributed by atoms with Crippen molar-refractivity contribution in [3.8, 4) is 23.0 Å². The third kappa shape index (κ3) is 1.76. The zero-order valence-electron chi connectivity index (χ0n) is 11.3. The summed E-state index contributed by atoms with van der Waals surface area (Å²) >= 11 is 0. The van der Waals surface area contributed by atoms with Crippen LogP contribution in [0.25, 0.3) is 21.9 Å². The van der Waals surface area contributed by atoms with E-state index in [1.165, 1.54) is 19.2 Å². The second-order valence-corrected chi connectivity index (χ2v) is 4.72. The van der Waals surface area contributed by atoms with E-state index in [2.05, 4.69) is 0 Å². The summed E-state index contributed by atoms with van der Waals surface area (Å²) in [5.74, 6) is -0.845. The zero-order chi connectivity index (χ0) is 15.3. The number of hydrogen-bond donors (Lipinski definition) is 3. The fourth-order valence-corrected chi connectivity index (χ4v) is 2.47. The van der Waals surface area contributed by atoms with Gasteiger partial charge in [-0.3, -0.25) is 4.79 Å². The number of phenols is 3. The van der Waals surface area contributed by atoms with Gasteiger partial charge in [-0.25, -0.2) is 0 Å². The van der Waals surface area contributed by atoms with E-state index in [1.54, 1.807) is 6.92 Å². The van der Waals surface area contributed by atoms with Gasteiger partial charge < -0.3 is 24.5 Å². The molecule has 0 aliphatic rings. The van der Waals surface area contributed by atoms with Gasteiger partial charge in [0.1, 0.15) is 22.5 Å². The molecule has 1 aromatic heterocycles. The molecule has 0 aliphatic carbocycles. The van der Waals surface area contributed by atoms with Gasteiger partial charge in [0.05, 0.1) is 12.5 Å². The Kier molecular flexibility index (Phi) is 2.69. The van der Waals surface area contributed by atoms with Crippen molar-refractivity contribution in [2.75, 3.05) is 7.11 Å². The van der Waals surface area contributed by atoms with Crippen LogP contribution in [-0.2, 0) is 0 Å². The molecule has 3 rings (SSSR count). The van der Waals surface area contributed by atoms with Crippen molar-refractivity contribution >= 4 is 21.9 Å². The van der Waals surface area contributed by atoms with Gasteiger partial charge in [0.2, 0.25) is 11.2 Å². The van der Waals surface area contributed by atoms with Crippen molar-refractivity contribution < 1.29 is 24.5 Å². The molecule has 0 unspecified atom stereocenters. The van der Waals surface area contributed by atoms with Crippen LogP contribution in [0.15, 0.2) is 27.4 Å². The molecule has 6 nitrogen and oxygen atoms in total. The highest BCUT2D eigenvalue weighted by molar-refractivity contribution is 5.98. The largest absolute Gasteiger partial charge is 0.508 e. The second-order valence-electron chi connectivity index (χ2n) is 4.72. The van der Waals surface area contributed by atoms with Crippen LogP contribution in [0.3, 0.4) is 0 Å². The summed E-state index contributed by atoms with van der Waals surface area (Å²) < 4.78 is 10.6. The lowest BCUT2D eigenvalue weighted by molar-refractivity contribution is 0.368. The Labute approximate surface area is 118 Å². The monoisotopic (exact) mass is 288 g/mol. The molecular weight excluding hydrogens is 276 g/mol. The molecule has 0 atom stereocenters. The minimum atomic E-state index is -0.459. The standard InChI is InChI=1S/C15H12O6/c1-6-3-7(16)4-10-11(6)13(19)12-8(17)5-9(18)14(20-2)15(12)21-10/h3-5,16-18H,1-2H3. The van der Waals surface area contributed by atoms with Gasteiger partial charge in [0.15, 0.2) is 11.3 Å². The lowest BCUT2D eigenvalue weighted by atomic mass is 10.1. The molecule has 0 saturated heterocycles. The van der Waals surface area contributed by atoms with Gasteiger partial charge in [-0.1, -0.05) is 0 Å². The van der Waals surface area contributed by atoms with Crippen LogP contribution in [0.2, 0.25) is 0 Å². The number of fused-ring (bicyclic) bond motifs is 2. The van der Waals surface area contributed by atoms with Gasteiger partial charge in [0.25, 0.3) is 0 Å². The summed E-state index contributed by atoms with van der Waals surface area (Å²) in [6, 6.07) is 3.75. The van der Waals surface area contributed by atoms with Crippen molar-refractivity contribution in [2.24, 2.45) is 0 Å². The van der Waals surface area contributed by atoms with Gasteiger partial charge in [-0.05, 0) is 18.6 Å². The maximum absolute atomic E-state index is 12.6. The van der Waals surface area contributed by atoms with Crippen LogP contribution < -0.4 is 10.2 Å². The predicted molar refractivity (Wildman–Crippen MR) is 76.3 cm³/mol. The second kappa shape index (κ2) is 4.31. The Balaban J connectivity index is 2.66. The highest BCUT2D eigenvalue weighted by Gasteiger charge is 2.20. The first-order valence-electron chi connectivity index (χ1n) is 6.13. The van der Waals surface area contributed by atoms with Crippen LogP contribution >= 0.6 is 0 Å². The number of hydrogen-bond acceptors (Lipinski definition) is 6. The van der Waals surface area contributed by atoms with E-state index in [9.17, 15) is 20.1 Å². The number of aromatic hydroxyl groups is 3. The normalized spacial score (nSPS) is 11.1. The minimum Gasteiger partial charge on any atom is -0.508 e. The third-order valence-corrected chi connectivity index (χ3v) is 3.35. The first-order chi connectivity index (χ1) is 9.93. The number of ether oxygens (including phenoxy) is 1. The molecular formula is C15H12O6. The molecule has 0 amide bonds. The lowest BCUT2D eigenvalue weighted by Gasteiger charge is -2.10. The lowest BCUT2D eigenvalue weighted by Crippen LogP contribution is -2.05. The topological polar surface area (TPSA) is 100 Å². The summed E-state index contributed by atoms with van der Waals surface area (Å²) in [5, 5.41) is 29.5. The zero-order valence-corrected chi connectivity index (χ0v) is 11.3. The van der Waals surface area contributed by atoms with Crippen LogP contribution in [0.4, 0.5) is 0 Å². The molecule has 0 saturated carbocycles. The fraction of sp³-hybridized carbons (Fsp3) is 0.133. The summed E-state index contributed by atoms with van der Waals surface area (Å²) in [6.45, 7) is 1.65. The van der Waals surface area contributed by atoms with E-state index < -0.39 is 11.2 Å². The average molecular weight is 288 g/mol. The number of methoxy groups -OCH3 is 1. The number of phenolic OH excluding ortho intramolecular Hbond substituents is 3. The molecule has 3 N–H and O–H groups in total. The van der Waals surface area contributed by atoms with Gasteiger partial charge in [-0.15, -0.1) is 0 Å². The van der Waals surface area contributed by atoms with Gasteiger partial charge in [-0.2, -0.15) is 0 Å². The van der Waals surface area contributed by atoms with E-state index in [4.69, 9.17) is 9.15 Å². The molecule has 0 fully saturated rings. The summed E-state index contributed by atoms with van der Waals surface area (Å²) in [4.78, 5) is 12.6. The Bertz CT molecular complexity index is 939. The molecule has 3 aromatic rings. The van der Waals surface area contributed by atoms with Crippen molar-refractivity contribution in [1.29, 1.82) is 0 Å². The highest BCUT2D eigenvalue weighted by Crippen LogP contribution is 2.40. The molecule has 0 spiro atoms. The molecule has 2 aromatic carbocycles. The first kappa shape index (κ1) is 13.1. The smallest absolute Gasteiger partial charge is 0.204 e. The Morgan fingerprint density at radius 2 is 1.76 bits per heavy atom. The molecule has 108 valence electrons. The molecule has 1 heterocycles. The quantitative estimate of drug-likeness (QED) is 0.594. The summed E-state index contributed by atoms with van der Waals surface area (Å²) in [5.41, 5.74) is 0.137. The van der Waals surface area contributed by atoms with Crippen molar-refractivity contribution in [3.05, 3.63) is 34.0 Å². The molecule has 0 bridgehead atoms. The van der Waals surface area contributed by atoms with Gasteiger partial charge >= 0.3 is 0 Å². The summed E-state index contributed by atoms with van der Waals surface area (Å²) in [7, 11) is 1.31. The predicted octanol–water partition coefficient (Wildman–Crippen LogP) is 2.38. The van der Waals surface area contributed by atoms with Crippen molar-refractivity contribution in [1.82, 2.24) is 0 Å². The summed E-state index contributed by atoms with van der Waals surface area (Å²) in [6.07, 6.45) is 0. The van der Waals surface area contributed by atoms with E-state index in [1.807, 2.05) is 0 Å². The van der Waals surface area contributed by atoms with Crippen molar-refractivity contribution in [2.45, 2.75) is 6.92 Å². The number of rotatable bonds is 1. The minimum absolute atomic E-state index is 0.0501. The molecule has 21 heavy (non-hydrogen) atoms. The van der Waals surface area contributed by atoms with Crippen LogP contribution in [-0.4, -0.2) is 22.4 Å².